The largest absolute Gasteiger partial charge is 0.480 e. The SMILES string of the molecule is CC[C@H](C)[C@H](NC(=O)C(=O)OCC1OC(n2cc(C)c(=O)[nH]c2=O)CC1N=[N+]=[N-])C(=O)O. The number of amides is 1. The predicted octanol–water partition coefficient (Wildman–Crippen LogP) is -0.0299. The van der Waals surface area contributed by atoms with Crippen molar-refractivity contribution in [1.29, 1.82) is 0 Å². The van der Waals surface area contributed by atoms with Crippen LogP contribution in [0.25, 0.3) is 10.4 Å². The summed E-state index contributed by atoms with van der Waals surface area (Å²) in [5.74, 6) is -4.27. The van der Waals surface area contributed by atoms with E-state index in [2.05, 4.69) is 20.3 Å². The highest BCUT2D eigenvalue weighted by Gasteiger charge is 2.38. The fraction of sp³-hybridized carbons (Fsp3) is 0.611. The predicted molar refractivity (Wildman–Crippen MR) is 108 cm³/mol. The molecule has 3 unspecified atom stereocenters. The number of carbonyl (C=O) groups excluding carboxylic acids is 2. The highest BCUT2D eigenvalue weighted by atomic mass is 16.6. The van der Waals surface area contributed by atoms with Crippen molar-refractivity contribution in [2.75, 3.05) is 6.61 Å². The maximum atomic E-state index is 12.1. The molecule has 0 saturated carbocycles. The molecule has 32 heavy (non-hydrogen) atoms. The van der Waals surface area contributed by atoms with Gasteiger partial charge in [0.1, 0.15) is 25.0 Å². The number of hydrogen-bond donors (Lipinski definition) is 3. The molecule has 1 amide bonds. The van der Waals surface area contributed by atoms with E-state index in [9.17, 15) is 29.1 Å². The van der Waals surface area contributed by atoms with Crippen LogP contribution >= 0.6 is 0 Å². The molecule has 2 heterocycles. The van der Waals surface area contributed by atoms with Gasteiger partial charge in [-0.2, -0.15) is 0 Å². The van der Waals surface area contributed by atoms with E-state index in [1.54, 1.807) is 13.8 Å². The molecule has 1 aromatic heterocycles. The number of hydrogen-bond acceptors (Lipinski definition) is 8. The van der Waals surface area contributed by atoms with Gasteiger partial charge in [0.2, 0.25) is 0 Å². The van der Waals surface area contributed by atoms with Crippen LogP contribution in [0.1, 0.15) is 38.5 Å². The molecule has 0 aromatic carbocycles. The van der Waals surface area contributed by atoms with Crippen LogP contribution in [0.15, 0.2) is 20.9 Å². The van der Waals surface area contributed by atoms with E-state index in [-0.39, 0.29) is 12.0 Å². The number of nitrogens with zero attached hydrogens (tertiary/aromatic N) is 4. The number of nitrogens with one attached hydrogen (secondary N) is 2. The smallest absolute Gasteiger partial charge is 0.396 e. The Morgan fingerprint density at radius 2 is 2.16 bits per heavy atom. The highest BCUT2D eigenvalue weighted by Crippen LogP contribution is 2.30. The minimum Gasteiger partial charge on any atom is -0.480 e. The topological polar surface area (TPSA) is 206 Å². The first-order valence-electron chi connectivity index (χ1n) is 9.81. The normalized spacial score (nSPS) is 21.8. The summed E-state index contributed by atoms with van der Waals surface area (Å²) >= 11 is 0. The number of aliphatic carboxylic acids is 1. The lowest BCUT2D eigenvalue weighted by molar-refractivity contribution is -0.159. The second-order valence-corrected chi connectivity index (χ2v) is 7.39. The standard InChI is InChI=1S/C18H24N6O8/c1-4-8(2)13(16(27)28)20-15(26)17(29)31-7-11-10(22-23-19)5-12(32-11)24-6-9(3)14(25)21-18(24)30/h6,8,10-13H,4-5,7H2,1-3H3,(H,20,26)(H,27,28)(H,21,25,30)/t8-,10?,11?,12?,13-/m0/s1. The second kappa shape index (κ2) is 10.6. The molecule has 14 nitrogen and oxygen atoms in total. The Kier molecular flexibility index (Phi) is 8.15. The molecule has 1 saturated heterocycles. The van der Waals surface area contributed by atoms with E-state index in [4.69, 9.17) is 15.0 Å². The van der Waals surface area contributed by atoms with Crippen LogP contribution in [-0.4, -0.2) is 57.3 Å². The lowest BCUT2D eigenvalue weighted by Gasteiger charge is -2.20. The zero-order chi connectivity index (χ0) is 24.0. The molecule has 0 bridgehead atoms. The number of carboxylic acids is 1. The third-order valence-electron chi connectivity index (χ3n) is 5.19. The lowest BCUT2D eigenvalue weighted by atomic mass is 9.99. The minimum atomic E-state index is -1.33. The molecule has 1 aliphatic heterocycles. The average molecular weight is 452 g/mol. The quantitative estimate of drug-likeness (QED) is 0.160. The van der Waals surface area contributed by atoms with Gasteiger partial charge in [-0.15, -0.1) is 0 Å². The summed E-state index contributed by atoms with van der Waals surface area (Å²) in [6.45, 7) is 4.37. The molecule has 0 radical (unpaired) electrons. The third-order valence-corrected chi connectivity index (χ3v) is 5.19. The molecule has 3 N–H and O–H groups in total. The van der Waals surface area contributed by atoms with Crippen molar-refractivity contribution in [2.24, 2.45) is 11.0 Å². The molecule has 14 heteroatoms. The molecule has 1 fully saturated rings. The number of aryl methyl sites for hydroxylation is 1. The van der Waals surface area contributed by atoms with E-state index < -0.39 is 66.0 Å². The molecule has 2 rings (SSSR count). The van der Waals surface area contributed by atoms with Crippen LogP contribution in [0.2, 0.25) is 0 Å². The number of azide groups is 1. The number of aromatic nitrogens is 2. The number of esters is 1. The molecule has 0 spiro atoms. The Hall–Kier alpha value is -3.64. The van der Waals surface area contributed by atoms with E-state index in [1.165, 1.54) is 13.1 Å². The van der Waals surface area contributed by atoms with E-state index in [0.717, 1.165) is 4.57 Å². The monoisotopic (exact) mass is 452 g/mol. The molecule has 1 aliphatic rings. The summed E-state index contributed by atoms with van der Waals surface area (Å²) in [7, 11) is 0. The summed E-state index contributed by atoms with van der Waals surface area (Å²) < 4.78 is 11.7. The minimum absolute atomic E-state index is 0.0545. The van der Waals surface area contributed by atoms with Gasteiger partial charge in [-0.1, -0.05) is 25.4 Å². The lowest BCUT2D eigenvalue weighted by Crippen LogP contribution is -2.48. The van der Waals surface area contributed by atoms with Crippen molar-refractivity contribution in [3.8, 4) is 0 Å². The van der Waals surface area contributed by atoms with Crippen LogP contribution in [0.5, 0.6) is 0 Å². The Morgan fingerprint density at radius 1 is 1.47 bits per heavy atom. The van der Waals surface area contributed by atoms with Gasteiger partial charge in [0, 0.05) is 23.1 Å². The first-order chi connectivity index (χ1) is 15.1. The molecule has 174 valence electrons. The zero-order valence-corrected chi connectivity index (χ0v) is 17.7. The van der Waals surface area contributed by atoms with Gasteiger partial charge in [0.25, 0.3) is 5.56 Å². The summed E-state index contributed by atoms with van der Waals surface area (Å²) in [6.07, 6.45) is -0.0774. The number of H-pyrrole nitrogens is 1. The summed E-state index contributed by atoms with van der Waals surface area (Å²) in [6, 6.07) is -2.09. The molecule has 1 aromatic rings. The molecular formula is C18H24N6O8. The van der Waals surface area contributed by atoms with Crippen molar-refractivity contribution < 1.29 is 29.0 Å². The number of carboxylic acid groups (broad SMARTS) is 1. The number of aromatic amines is 1. The van der Waals surface area contributed by atoms with Gasteiger partial charge in [-0.05, 0) is 18.4 Å². The van der Waals surface area contributed by atoms with Crippen LogP contribution in [0.3, 0.4) is 0 Å². The van der Waals surface area contributed by atoms with Crippen molar-refractivity contribution in [3.05, 3.63) is 43.0 Å². The Morgan fingerprint density at radius 3 is 2.75 bits per heavy atom. The van der Waals surface area contributed by atoms with Crippen molar-refractivity contribution in [1.82, 2.24) is 14.9 Å². The maximum absolute atomic E-state index is 12.1. The number of rotatable bonds is 8. The number of ether oxygens (including phenoxy) is 2. The Balaban J connectivity index is 2.07. The summed E-state index contributed by atoms with van der Waals surface area (Å²) in [4.78, 5) is 63.9. The Bertz CT molecular complexity index is 1040. The van der Waals surface area contributed by atoms with Gasteiger partial charge < -0.3 is 19.9 Å². The van der Waals surface area contributed by atoms with Crippen molar-refractivity contribution in [2.45, 2.75) is 58.0 Å². The zero-order valence-electron chi connectivity index (χ0n) is 17.7. The van der Waals surface area contributed by atoms with Crippen LogP contribution < -0.4 is 16.6 Å². The maximum Gasteiger partial charge on any atom is 0.396 e. The second-order valence-electron chi connectivity index (χ2n) is 7.39. The summed E-state index contributed by atoms with van der Waals surface area (Å²) in [5.41, 5.74) is 7.77. The average Bonchev–Trinajstić information content (AvgIpc) is 3.14. The van der Waals surface area contributed by atoms with E-state index in [1.807, 2.05) is 0 Å². The summed E-state index contributed by atoms with van der Waals surface area (Å²) in [5, 5.41) is 14.9. The molecule has 5 atom stereocenters. The fourth-order valence-electron chi connectivity index (χ4n) is 3.13. The van der Waals surface area contributed by atoms with Crippen LogP contribution in [0, 0.1) is 12.8 Å². The van der Waals surface area contributed by atoms with Gasteiger partial charge in [0.15, 0.2) is 0 Å². The van der Waals surface area contributed by atoms with Crippen LogP contribution in [-0.2, 0) is 23.9 Å². The Labute approximate surface area is 181 Å². The first-order valence-corrected chi connectivity index (χ1v) is 9.81. The van der Waals surface area contributed by atoms with Crippen molar-refractivity contribution in [3.63, 3.8) is 0 Å². The molecule has 0 aliphatic carbocycles. The number of carbonyl (C=O) groups is 3. The van der Waals surface area contributed by atoms with Gasteiger partial charge >= 0.3 is 23.5 Å². The third kappa shape index (κ3) is 5.74. The highest BCUT2D eigenvalue weighted by molar-refractivity contribution is 6.32. The first kappa shape index (κ1) is 24.6. The van der Waals surface area contributed by atoms with Crippen molar-refractivity contribution >= 4 is 17.8 Å². The van der Waals surface area contributed by atoms with E-state index >= 15 is 0 Å². The van der Waals surface area contributed by atoms with E-state index in [0.29, 0.717) is 6.42 Å². The van der Waals surface area contributed by atoms with Crippen LogP contribution in [0.4, 0.5) is 0 Å². The van der Waals surface area contributed by atoms with Gasteiger partial charge in [-0.25, -0.2) is 14.4 Å². The fourth-order valence-corrected chi connectivity index (χ4v) is 3.13. The molecular weight excluding hydrogens is 428 g/mol. The van der Waals surface area contributed by atoms with Gasteiger partial charge in [0.05, 0.1) is 6.04 Å². The van der Waals surface area contributed by atoms with Gasteiger partial charge in [-0.3, -0.25) is 19.1 Å².